The van der Waals surface area contributed by atoms with Crippen molar-refractivity contribution < 1.29 is 4.73 Å². The molecule has 0 unspecified atom stereocenters. The van der Waals surface area contributed by atoms with Crippen LogP contribution in [0.5, 0.6) is 0 Å². The Morgan fingerprint density at radius 2 is 2.20 bits per heavy atom. The summed E-state index contributed by atoms with van der Waals surface area (Å²) in [6.07, 6.45) is 2.83. The van der Waals surface area contributed by atoms with Crippen LogP contribution < -0.4 is 4.73 Å². The molecule has 10 heavy (non-hydrogen) atoms. The van der Waals surface area contributed by atoms with Crippen LogP contribution in [-0.2, 0) is 0 Å². The second-order valence-corrected chi connectivity index (χ2v) is 3.51. The highest BCUT2D eigenvalue weighted by Crippen LogP contribution is 2.17. The molecule has 0 aliphatic rings. The summed E-state index contributed by atoms with van der Waals surface area (Å²) in [4.78, 5) is 0. The van der Waals surface area contributed by atoms with Gasteiger partial charge in [-0.15, -0.1) is 0 Å². The first-order chi connectivity index (χ1) is 4.61. The van der Waals surface area contributed by atoms with Gasteiger partial charge in [0.15, 0.2) is 12.4 Å². The minimum atomic E-state index is 0.516. The molecular weight excluding hydrogens is 264 g/mol. The number of nitrogens with zero attached hydrogens (tertiary/aromatic N) is 1. The molecule has 0 spiro atoms. The molecule has 0 fully saturated rings. The smallest absolute Gasteiger partial charge is 0.199 e. The Bertz CT molecular complexity index is 241. The van der Waals surface area contributed by atoms with Crippen LogP contribution in [-0.4, -0.2) is 0 Å². The van der Waals surface area contributed by atoms with E-state index >= 15 is 0 Å². The molecule has 0 radical (unpaired) electrons. The number of aromatic nitrogens is 1. The van der Waals surface area contributed by atoms with Crippen LogP contribution in [0, 0.1) is 15.7 Å². The van der Waals surface area contributed by atoms with Gasteiger partial charge in [-0.05, 0) is 35.1 Å². The van der Waals surface area contributed by atoms with Gasteiger partial charge in [0.25, 0.3) is 0 Å². The van der Waals surface area contributed by atoms with Crippen molar-refractivity contribution in [1.82, 2.24) is 0 Å². The SMILES string of the molecule is Cc1c(Cl)c[n+]([O-])cc1I. The molecule has 1 aromatic heterocycles. The molecule has 0 aliphatic heterocycles. The van der Waals surface area contributed by atoms with Crippen LogP contribution in [0.2, 0.25) is 5.02 Å². The van der Waals surface area contributed by atoms with E-state index in [9.17, 15) is 5.21 Å². The molecule has 1 rings (SSSR count). The van der Waals surface area contributed by atoms with E-state index < -0.39 is 0 Å². The van der Waals surface area contributed by atoms with Crippen molar-refractivity contribution in [2.45, 2.75) is 6.92 Å². The maximum absolute atomic E-state index is 10.7. The number of pyridine rings is 1. The zero-order valence-electron chi connectivity index (χ0n) is 5.27. The number of halogens is 2. The third-order valence-corrected chi connectivity index (χ3v) is 2.67. The Morgan fingerprint density at radius 1 is 1.60 bits per heavy atom. The van der Waals surface area contributed by atoms with Gasteiger partial charge in [-0.2, -0.15) is 4.73 Å². The Morgan fingerprint density at radius 3 is 2.70 bits per heavy atom. The van der Waals surface area contributed by atoms with Crippen molar-refractivity contribution >= 4 is 34.2 Å². The van der Waals surface area contributed by atoms with E-state index in [1.165, 1.54) is 12.4 Å². The summed E-state index contributed by atoms with van der Waals surface area (Å²) < 4.78 is 1.59. The lowest BCUT2D eigenvalue weighted by molar-refractivity contribution is -0.606. The summed E-state index contributed by atoms with van der Waals surface area (Å²) in [5.74, 6) is 0. The van der Waals surface area contributed by atoms with E-state index in [1.54, 1.807) is 0 Å². The lowest BCUT2D eigenvalue weighted by Gasteiger charge is -2.00. The maximum atomic E-state index is 10.7. The highest BCUT2D eigenvalue weighted by atomic mass is 127. The molecule has 0 atom stereocenters. The molecule has 0 aliphatic carbocycles. The quantitative estimate of drug-likeness (QED) is 0.401. The normalized spacial score (nSPS) is 9.90. The van der Waals surface area contributed by atoms with Gasteiger partial charge in [0.2, 0.25) is 0 Å². The lowest BCUT2D eigenvalue weighted by atomic mass is 10.3. The topological polar surface area (TPSA) is 26.9 Å². The first-order valence-electron chi connectivity index (χ1n) is 2.65. The van der Waals surface area contributed by atoms with Gasteiger partial charge in [-0.1, -0.05) is 11.6 Å². The van der Waals surface area contributed by atoms with Gasteiger partial charge >= 0.3 is 0 Å². The van der Waals surface area contributed by atoms with Crippen molar-refractivity contribution in [3.63, 3.8) is 0 Å². The molecule has 54 valence electrons. The minimum Gasteiger partial charge on any atom is -0.619 e. The van der Waals surface area contributed by atoms with E-state index in [2.05, 4.69) is 22.6 Å². The summed E-state index contributed by atoms with van der Waals surface area (Å²) >= 11 is 7.76. The predicted molar refractivity (Wildman–Crippen MR) is 47.9 cm³/mol. The molecule has 0 aromatic carbocycles. The summed E-state index contributed by atoms with van der Waals surface area (Å²) in [7, 11) is 0. The zero-order chi connectivity index (χ0) is 7.72. The van der Waals surface area contributed by atoms with E-state index in [0.717, 1.165) is 9.13 Å². The van der Waals surface area contributed by atoms with E-state index in [4.69, 9.17) is 11.6 Å². The van der Waals surface area contributed by atoms with Gasteiger partial charge in [-0.3, -0.25) is 0 Å². The summed E-state index contributed by atoms with van der Waals surface area (Å²) in [5, 5.41) is 11.2. The molecule has 1 aromatic rings. The average Bonchev–Trinajstić information content (AvgIpc) is 1.82. The molecule has 2 nitrogen and oxygen atoms in total. The molecule has 4 heteroatoms. The monoisotopic (exact) mass is 269 g/mol. The van der Waals surface area contributed by atoms with Crippen molar-refractivity contribution in [3.05, 3.63) is 31.8 Å². The largest absolute Gasteiger partial charge is 0.619 e. The van der Waals surface area contributed by atoms with Crippen LogP contribution in [0.1, 0.15) is 5.56 Å². The molecule has 0 bridgehead atoms. The Balaban J connectivity index is 3.31. The van der Waals surface area contributed by atoms with Crippen molar-refractivity contribution in [3.8, 4) is 0 Å². The number of hydrogen-bond donors (Lipinski definition) is 0. The molecule has 0 saturated heterocycles. The Kier molecular flexibility index (Phi) is 2.36. The molecule has 0 amide bonds. The van der Waals surface area contributed by atoms with Gasteiger partial charge in [0, 0.05) is 0 Å². The maximum Gasteiger partial charge on any atom is 0.199 e. The third kappa shape index (κ3) is 1.52. The lowest BCUT2D eigenvalue weighted by Crippen LogP contribution is -2.25. The standard InChI is InChI=1S/C6H5ClINO/c1-4-5(7)2-9(10)3-6(4)8/h2-3H,1H3. The van der Waals surface area contributed by atoms with Crippen LogP contribution in [0.15, 0.2) is 12.4 Å². The van der Waals surface area contributed by atoms with Crippen molar-refractivity contribution in [2.24, 2.45) is 0 Å². The average molecular weight is 269 g/mol. The first-order valence-corrected chi connectivity index (χ1v) is 4.11. The summed E-state index contributed by atoms with van der Waals surface area (Å²) in [5.41, 5.74) is 0.953. The summed E-state index contributed by atoms with van der Waals surface area (Å²) in [6, 6.07) is 0. The second kappa shape index (κ2) is 2.92. The minimum absolute atomic E-state index is 0.516. The van der Waals surface area contributed by atoms with Gasteiger partial charge in [-0.25, -0.2) is 0 Å². The van der Waals surface area contributed by atoms with Crippen LogP contribution in [0.25, 0.3) is 0 Å². The Labute approximate surface area is 77.5 Å². The van der Waals surface area contributed by atoms with E-state index in [1.807, 2.05) is 6.92 Å². The fourth-order valence-electron chi connectivity index (χ4n) is 0.568. The van der Waals surface area contributed by atoms with Crippen LogP contribution in [0.4, 0.5) is 0 Å². The van der Waals surface area contributed by atoms with E-state index in [-0.39, 0.29) is 0 Å². The van der Waals surface area contributed by atoms with Crippen molar-refractivity contribution in [2.75, 3.05) is 0 Å². The van der Waals surface area contributed by atoms with Gasteiger partial charge in [0.05, 0.1) is 3.57 Å². The van der Waals surface area contributed by atoms with E-state index in [0.29, 0.717) is 9.75 Å². The zero-order valence-corrected chi connectivity index (χ0v) is 8.18. The number of hydrogen-bond acceptors (Lipinski definition) is 1. The van der Waals surface area contributed by atoms with Crippen LogP contribution in [0.3, 0.4) is 0 Å². The third-order valence-electron chi connectivity index (χ3n) is 1.20. The number of rotatable bonds is 0. The van der Waals surface area contributed by atoms with Gasteiger partial charge in [0.1, 0.15) is 5.02 Å². The van der Waals surface area contributed by atoms with Crippen molar-refractivity contribution in [1.29, 1.82) is 0 Å². The molecular formula is C6H5ClINO. The van der Waals surface area contributed by atoms with Crippen LogP contribution >= 0.6 is 34.2 Å². The first kappa shape index (κ1) is 8.07. The highest BCUT2D eigenvalue weighted by Gasteiger charge is 2.04. The fourth-order valence-corrected chi connectivity index (χ4v) is 1.49. The Hall–Kier alpha value is -0.0300. The van der Waals surface area contributed by atoms with Gasteiger partial charge < -0.3 is 5.21 Å². The molecule has 0 N–H and O–H groups in total. The summed E-state index contributed by atoms with van der Waals surface area (Å²) in [6.45, 7) is 1.88. The highest BCUT2D eigenvalue weighted by molar-refractivity contribution is 14.1. The molecule has 0 saturated carbocycles. The predicted octanol–water partition coefficient (Wildman–Crippen LogP) is 1.89. The molecule has 1 heterocycles. The second-order valence-electron chi connectivity index (χ2n) is 1.94. The fraction of sp³-hybridized carbons (Fsp3) is 0.167.